The van der Waals surface area contributed by atoms with Gasteiger partial charge in [-0.25, -0.2) is 0 Å². The van der Waals surface area contributed by atoms with Gasteiger partial charge in [0.25, 0.3) is 5.91 Å². The maximum atomic E-state index is 12.6. The first-order valence-electron chi connectivity index (χ1n) is 9.12. The van der Waals surface area contributed by atoms with Crippen LogP contribution >= 0.6 is 0 Å². The number of ether oxygens (including phenoxy) is 1. The largest absolute Gasteiger partial charge is 0.457 e. The molecule has 3 aliphatic rings. The summed E-state index contributed by atoms with van der Waals surface area (Å²) in [7, 11) is 0. The van der Waals surface area contributed by atoms with E-state index in [9.17, 15) is 4.79 Å². The van der Waals surface area contributed by atoms with E-state index in [0.29, 0.717) is 5.56 Å². The molecule has 3 heterocycles. The van der Waals surface area contributed by atoms with E-state index >= 15 is 0 Å². The predicted molar refractivity (Wildman–Crippen MR) is 98.0 cm³/mol. The molecular weight excluding hydrogens is 312 g/mol. The van der Waals surface area contributed by atoms with Gasteiger partial charge in [0.1, 0.15) is 11.5 Å². The fourth-order valence-corrected chi connectivity index (χ4v) is 3.87. The fraction of sp³-hybridized carbons (Fsp3) is 0.381. The Morgan fingerprint density at radius 3 is 2.36 bits per heavy atom. The van der Waals surface area contributed by atoms with Crippen molar-refractivity contribution in [1.29, 1.82) is 0 Å². The predicted octanol–water partition coefficient (Wildman–Crippen LogP) is 3.69. The van der Waals surface area contributed by atoms with Gasteiger partial charge in [-0.1, -0.05) is 18.2 Å². The van der Waals surface area contributed by atoms with E-state index in [2.05, 4.69) is 10.2 Å². The third-order valence-electron chi connectivity index (χ3n) is 5.23. The van der Waals surface area contributed by atoms with Crippen molar-refractivity contribution < 1.29 is 9.53 Å². The molecule has 2 bridgehead atoms. The third-order valence-corrected chi connectivity index (χ3v) is 5.23. The van der Waals surface area contributed by atoms with E-state index < -0.39 is 0 Å². The van der Waals surface area contributed by atoms with Gasteiger partial charge in [0, 0.05) is 18.2 Å². The number of carbonyl (C=O) groups is 1. The van der Waals surface area contributed by atoms with Gasteiger partial charge >= 0.3 is 0 Å². The number of amides is 1. The Bertz CT molecular complexity index is 692. The molecule has 0 aromatic heterocycles. The SMILES string of the molecule is O=C(NC1CC2CCN(CC2)C1)c1ccc(Oc2ccccc2)cc1. The van der Waals surface area contributed by atoms with E-state index in [4.69, 9.17) is 4.74 Å². The van der Waals surface area contributed by atoms with Gasteiger partial charge < -0.3 is 15.0 Å². The molecular formula is C21H24N2O2. The molecule has 2 aromatic carbocycles. The Labute approximate surface area is 148 Å². The van der Waals surface area contributed by atoms with Crippen molar-refractivity contribution in [2.75, 3.05) is 19.6 Å². The van der Waals surface area contributed by atoms with Crippen molar-refractivity contribution in [3.05, 3.63) is 60.2 Å². The molecule has 1 amide bonds. The summed E-state index contributed by atoms with van der Waals surface area (Å²) in [6, 6.07) is 17.3. The summed E-state index contributed by atoms with van der Waals surface area (Å²) in [6.07, 6.45) is 3.66. The minimum Gasteiger partial charge on any atom is -0.457 e. The summed E-state index contributed by atoms with van der Waals surface area (Å²) < 4.78 is 5.78. The van der Waals surface area contributed by atoms with Crippen LogP contribution < -0.4 is 10.1 Å². The Hall–Kier alpha value is -2.33. The highest BCUT2D eigenvalue weighted by Crippen LogP contribution is 2.27. The first-order chi connectivity index (χ1) is 12.3. The summed E-state index contributed by atoms with van der Waals surface area (Å²) >= 11 is 0. The normalized spacial score (nSPS) is 25.2. The molecule has 130 valence electrons. The summed E-state index contributed by atoms with van der Waals surface area (Å²) in [4.78, 5) is 15.0. The summed E-state index contributed by atoms with van der Waals surface area (Å²) in [5.41, 5.74) is 0.687. The smallest absolute Gasteiger partial charge is 0.251 e. The summed E-state index contributed by atoms with van der Waals surface area (Å²) in [5, 5.41) is 3.22. The van der Waals surface area contributed by atoms with Crippen LogP contribution in [0.15, 0.2) is 54.6 Å². The minimum atomic E-state index is 0.0127. The molecule has 2 aromatic rings. The topological polar surface area (TPSA) is 41.6 Å². The third kappa shape index (κ3) is 4.02. The lowest BCUT2D eigenvalue weighted by molar-refractivity contribution is 0.0929. The summed E-state index contributed by atoms with van der Waals surface area (Å²) in [5.74, 6) is 2.31. The number of fused-ring (bicyclic) bond motifs is 4. The fourth-order valence-electron chi connectivity index (χ4n) is 3.87. The van der Waals surface area contributed by atoms with Crippen LogP contribution in [0, 0.1) is 5.92 Å². The number of nitrogens with zero attached hydrogens (tertiary/aromatic N) is 1. The first-order valence-corrected chi connectivity index (χ1v) is 9.12. The molecule has 1 unspecified atom stereocenters. The lowest BCUT2D eigenvalue weighted by Gasteiger charge is -2.26. The van der Waals surface area contributed by atoms with Crippen molar-refractivity contribution in [1.82, 2.24) is 10.2 Å². The Morgan fingerprint density at radius 2 is 1.64 bits per heavy atom. The molecule has 0 radical (unpaired) electrons. The first kappa shape index (κ1) is 16.2. The van der Waals surface area contributed by atoms with Crippen LogP contribution in [0.1, 0.15) is 29.6 Å². The number of benzene rings is 2. The molecule has 0 aliphatic carbocycles. The average Bonchev–Trinajstić information content (AvgIpc) is 2.95. The Morgan fingerprint density at radius 1 is 0.960 bits per heavy atom. The number of hydrogen-bond donors (Lipinski definition) is 1. The molecule has 4 nitrogen and oxygen atoms in total. The quantitative estimate of drug-likeness (QED) is 0.926. The molecule has 3 fully saturated rings. The molecule has 1 atom stereocenters. The Balaban J connectivity index is 1.37. The molecule has 0 saturated carbocycles. The lowest BCUT2D eigenvalue weighted by Crippen LogP contribution is -2.41. The lowest BCUT2D eigenvalue weighted by atomic mass is 9.94. The van der Waals surface area contributed by atoms with Gasteiger partial charge in [0.15, 0.2) is 0 Å². The standard InChI is InChI=1S/C21H24N2O2/c24-21(22-18-14-16-10-12-23(15-18)13-11-16)17-6-8-20(9-7-17)25-19-4-2-1-3-5-19/h1-9,16,18H,10-15H2,(H,22,24). The zero-order chi connectivity index (χ0) is 17.1. The molecule has 3 saturated heterocycles. The van der Waals surface area contributed by atoms with Crippen molar-refractivity contribution in [2.24, 2.45) is 5.92 Å². The van der Waals surface area contributed by atoms with Crippen molar-refractivity contribution in [3.8, 4) is 11.5 Å². The van der Waals surface area contributed by atoms with Crippen molar-refractivity contribution in [3.63, 3.8) is 0 Å². The van der Waals surface area contributed by atoms with E-state index in [0.717, 1.165) is 30.4 Å². The number of hydrogen-bond acceptors (Lipinski definition) is 3. The molecule has 1 N–H and O–H groups in total. The van der Waals surface area contributed by atoms with Gasteiger partial charge in [-0.05, 0) is 74.7 Å². The molecule has 0 spiro atoms. The van der Waals surface area contributed by atoms with E-state index in [1.165, 1.54) is 25.9 Å². The van der Waals surface area contributed by atoms with Crippen LogP contribution in [0.25, 0.3) is 0 Å². The van der Waals surface area contributed by atoms with Gasteiger partial charge in [-0.3, -0.25) is 4.79 Å². The highest BCUT2D eigenvalue weighted by molar-refractivity contribution is 5.94. The van der Waals surface area contributed by atoms with Crippen LogP contribution in [0.5, 0.6) is 11.5 Å². The second-order valence-electron chi connectivity index (χ2n) is 7.09. The minimum absolute atomic E-state index is 0.0127. The van der Waals surface area contributed by atoms with Gasteiger partial charge in [-0.2, -0.15) is 0 Å². The van der Waals surface area contributed by atoms with Crippen LogP contribution in [0.4, 0.5) is 0 Å². The number of piperidine rings is 1. The van der Waals surface area contributed by atoms with Crippen LogP contribution in [0.2, 0.25) is 0 Å². The van der Waals surface area contributed by atoms with Crippen molar-refractivity contribution in [2.45, 2.75) is 25.3 Å². The highest BCUT2D eigenvalue weighted by atomic mass is 16.5. The van der Waals surface area contributed by atoms with E-state index in [1.807, 2.05) is 54.6 Å². The maximum absolute atomic E-state index is 12.6. The van der Waals surface area contributed by atoms with Crippen LogP contribution in [-0.2, 0) is 0 Å². The van der Waals surface area contributed by atoms with E-state index in [-0.39, 0.29) is 11.9 Å². The average molecular weight is 336 g/mol. The second-order valence-corrected chi connectivity index (χ2v) is 7.09. The molecule has 3 aliphatic heterocycles. The van der Waals surface area contributed by atoms with Crippen LogP contribution in [-0.4, -0.2) is 36.5 Å². The zero-order valence-electron chi connectivity index (χ0n) is 14.4. The highest BCUT2D eigenvalue weighted by Gasteiger charge is 2.29. The molecule has 25 heavy (non-hydrogen) atoms. The van der Waals surface area contributed by atoms with E-state index in [1.54, 1.807) is 0 Å². The van der Waals surface area contributed by atoms with Crippen molar-refractivity contribution >= 4 is 5.91 Å². The maximum Gasteiger partial charge on any atom is 0.251 e. The zero-order valence-corrected chi connectivity index (χ0v) is 14.4. The van der Waals surface area contributed by atoms with Gasteiger partial charge in [-0.15, -0.1) is 0 Å². The number of carbonyl (C=O) groups excluding carboxylic acids is 1. The summed E-state index contributed by atoms with van der Waals surface area (Å²) in [6.45, 7) is 3.35. The molecule has 5 rings (SSSR count). The monoisotopic (exact) mass is 336 g/mol. The number of rotatable bonds is 4. The number of para-hydroxylation sites is 1. The molecule has 4 heteroatoms. The van der Waals surface area contributed by atoms with Gasteiger partial charge in [0.05, 0.1) is 0 Å². The number of nitrogens with one attached hydrogen (secondary N) is 1. The Kier molecular flexibility index (Phi) is 4.70. The van der Waals surface area contributed by atoms with Crippen LogP contribution in [0.3, 0.4) is 0 Å². The van der Waals surface area contributed by atoms with Gasteiger partial charge in [0.2, 0.25) is 0 Å². The second kappa shape index (κ2) is 7.28.